The summed E-state index contributed by atoms with van der Waals surface area (Å²) in [4.78, 5) is 12.2. The topological polar surface area (TPSA) is 47.6 Å². The first-order valence-corrected chi connectivity index (χ1v) is 8.45. The molecular formula is C19H25NO3. The molecule has 0 bridgehead atoms. The highest BCUT2D eigenvalue weighted by molar-refractivity contribution is 5.79. The minimum absolute atomic E-state index is 0.0976. The third kappa shape index (κ3) is 4.35. The van der Waals surface area contributed by atoms with Crippen LogP contribution in [0.4, 0.5) is 0 Å². The molecule has 0 spiro atoms. The van der Waals surface area contributed by atoms with E-state index in [-0.39, 0.29) is 11.8 Å². The Bertz CT molecular complexity index is 568. The summed E-state index contributed by atoms with van der Waals surface area (Å²) in [7, 11) is 0. The van der Waals surface area contributed by atoms with Gasteiger partial charge in [-0.2, -0.15) is 0 Å². The van der Waals surface area contributed by atoms with Crippen LogP contribution in [-0.2, 0) is 16.1 Å². The van der Waals surface area contributed by atoms with Crippen molar-refractivity contribution in [2.45, 2.75) is 32.7 Å². The quantitative estimate of drug-likeness (QED) is 0.821. The van der Waals surface area contributed by atoms with E-state index in [1.165, 1.54) is 0 Å². The van der Waals surface area contributed by atoms with Gasteiger partial charge in [-0.3, -0.25) is 4.79 Å². The molecule has 0 unspecified atom stereocenters. The Balaban J connectivity index is 1.57. The van der Waals surface area contributed by atoms with Gasteiger partial charge >= 0.3 is 0 Å². The Kier molecular flexibility index (Phi) is 5.34. The fourth-order valence-electron chi connectivity index (χ4n) is 3.02. The van der Waals surface area contributed by atoms with Gasteiger partial charge in [0.15, 0.2) is 0 Å². The van der Waals surface area contributed by atoms with Crippen LogP contribution >= 0.6 is 0 Å². The molecule has 124 valence electrons. The standard InChI is InChI=1S/C19H25NO3/c1-14-6-7-17(11-20-19(21)16-4-2-3-5-16)18(10-14)23-13-15-8-9-22-12-15/h2-3,6-7,10,15-16H,4-5,8-9,11-13H2,1H3,(H,20,21)/t15-/m1/s1. The number of allylic oxidation sites excluding steroid dienone is 2. The maximum Gasteiger partial charge on any atom is 0.224 e. The first-order chi connectivity index (χ1) is 11.2. The lowest BCUT2D eigenvalue weighted by atomic mass is 10.1. The Morgan fingerprint density at radius 3 is 2.91 bits per heavy atom. The molecule has 1 heterocycles. The predicted molar refractivity (Wildman–Crippen MR) is 89.3 cm³/mol. The molecule has 0 aromatic heterocycles. The first-order valence-electron chi connectivity index (χ1n) is 8.45. The number of hydrogen-bond acceptors (Lipinski definition) is 3. The second-order valence-corrected chi connectivity index (χ2v) is 6.51. The highest BCUT2D eigenvalue weighted by atomic mass is 16.5. The third-order valence-corrected chi connectivity index (χ3v) is 4.55. The molecule has 4 nitrogen and oxygen atoms in total. The largest absolute Gasteiger partial charge is 0.493 e. The van der Waals surface area contributed by atoms with Gasteiger partial charge in [0, 0.05) is 30.6 Å². The molecule has 2 aliphatic rings. The average Bonchev–Trinajstić information content (AvgIpc) is 3.25. The maximum atomic E-state index is 12.2. The normalized spacial score (nSPS) is 20.8. The van der Waals surface area contributed by atoms with Gasteiger partial charge in [0.1, 0.15) is 5.75 Å². The number of aryl methyl sites for hydroxylation is 1. The van der Waals surface area contributed by atoms with Gasteiger partial charge in [-0.25, -0.2) is 0 Å². The third-order valence-electron chi connectivity index (χ3n) is 4.55. The summed E-state index contributed by atoms with van der Waals surface area (Å²) in [6, 6.07) is 6.15. The highest BCUT2D eigenvalue weighted by Crippen LogP contribution is 2.23. The van der Waals surface area contributed by atoms with Crippen LogP contribution in [0.25, 0.3) is 0 Å². The van der Waals surface area contributed by atoms with E-state index in [4.69, 9.17) is 9.47 Å². The van der Waals surface area contributed by atoms with Crippen molar-refractivity contribution in [1.29, 1.82) is 0 Å². The first kappa shape index (κ1) is 16.1. The van der Waals surface area contributed by atoms with Crippen molar-refractivity contribution >= 4 is 5.91 Å². The van der Waals surface area contributed by atoms with Crippen LogP contribution in [0, 0.1) is 18.8 Å². The number of carbonyl (C=O) groups is 1. The van der Waals surface area contributed by atoms with Crippen LogP contribution in [0.3, 0.4) is 0 Å². The molecule has 1 amide bonds. The fourth-order valence-corrected chi connectivity index (χ4v) is 3.02. The molecule has 4 heteroatoms. The molecule has 1 aromatic carbocycles. The van der Waals surface area contributed by atoms with Crippen molar-refractivity contribution in [3.63, 3.8) is 0 Å². The summed E-state index contributed by atoms with van der Waals surface area (Å²) < 4.78 is 11.4. The van der Waals surface area contributed by atoms with E-state index in [0.29, 0.717) is 19.1 Å². The molecule has 1 fully saturated rings. The predicted octanol–water partition coefficient (Wildman–Crippen LogP) is 2.99. The Hall–Kier alpha value is -1.81. The summed E-state index contributed by atoms with van der Waals surface area (Å²) in [6.07, 6.45) is 6.92. The van der Waals surface area contributed by atoms with Crippen LogP contribution in [0.5, 0.6) is 5.75 Å². The molecule has 1 aromatic rings. The fraction of sp³-hybridized carbons (Fsp3) is 0.526. The van der Waals surface area contributed by atoms with E-state index < -0.39 is 0 Å². The molecule has 1 aliphatic carbocycles. The van der Waals surface area contributed by atoms with Gasteiger partial charge in [0.25, 0.3) is 0 Å². The van der Waals surface area contributed by atoms with Crippen molar-refractivity contribution in [3.8, 4) is 5.75 Å². The van der Waals surface area contributed by atoms with Crippen molar-refractivity contribution in [2.24, 2.45) is 11.8 Å². The minimum Gasteiger partial charge on any atom is -0.493 e. The van der Waals surface area contributed by atoms with Crippen molar-refractivity contribution < 1.29 is 14.3 Å². The van der Waals surface area contributed by atoms with Gasteiger partial charge in [-0.15, -0.1) is 0 Å². The second kappa shape index (κ2) is 7.64. The van der Waals surface area contributed by atoms with E-state index >= 15 is 0 Å². The van der Waals surface area contributed by atoms with Gasteiger partial charge < -0.3 is 14.8 Å². The van der Waals surface area contributed by atoms with Crippen molar-refractivity contribution in [3.05, 3.63) is 41.5 Å². The molecular weight excluding hydrogens is 290 g/mol. The van der Waals surface area contributed by atoms with Crippen LogP contribution in [-0.4, -0.2) is 25.7 Å². The lowest BCUT2D eigenvalue weighted by molar-refractivity contribution is -0.124. The van der Waals surface area contributed by atoms with E-state index in [1.807, 2.05) is 6.07 Å². The van der Waals surface area contributed by atoms with Gasteiger partial charge in [0.05, 0.1) is 13.2 Å². The molecule has 1 saturated heterocycles. The number of ether oxygens (including phenoxy) is 2. The summed E-state index contributed by atoms with van der Waals surface area (Å²) in [6.45, 7) is 4.87. The highest BCUT2D eigenvalue weighted by Gasteiger charge is 2.20. The number of benzene rings is 1. The molecule has 3 rings (SSSR count). The van der Waals surface area contributed by atoms with Gasteiger partial charge in [-0.1, -0.05) is 24.3 Å². The lowest BCUT2D eigenvalue weighted by Gasteiger charge is -2.16. The minimum atomic E-state index is 0.0976. The molecule has 0 saturated carbocycles. The summed E-state index contributed by atoms with van der Waals surface area (Å²) in [5, 5.41) is 3.05. The monoisotopic (exact) mass is 315 g/mol. The molecule has 1 atom stereocenters. The van der Waals surface area contributed by atoms with Crippen LogP contribution in [0.2, 0.25) is 0 Å². The number of rotatable bonds is 6. The van der Waals surface area contributed by atoms with Gasteiger partial charge in [0.2, 0.25) is 5.91 Å². The average molecular weight is 315 g/mol. The molecule has 1 N–H and O–H groups in total. The Labute approximate surface area is 137 Å². The number of nitrogens with one attached hydrogen (secondary N) is 1. The number of amides is 1. The summed E-state index contributed by atoms with van der Waals surface area (Å²) >= 11 is 0. The summed E-state index contributed by atoms with van der Waals surface area (Å²) in [5.41, 5.74) is 2.20. The number of carbonyl (C=O) groups excluding carboxylic acids is 1. The Morgan fingerprint density at radius 2 is 2.17 bits per heavy atom. The lowest BCUT2D eigenvalue weighted by Crippen LogP contribution is -2.29. The zero-order valence-electron chi connectivity index (χ0n) is 13.7. The smallest absolute Gasteiger partial charge is 0.224 e. The molecule has 23 heavy (non-hydrogen) atoms. The van der Waals surface area contributed by atoms with E-state index in [9.17, 15) is 4.79 Å². The maximum absolute atomic E-state index is 12.2. The molecule has 1 aliphatic heterocycles. The zero-order chi connectivity index (χ0) is 16.1. The van der Waals surface area contributed by atoms with Crippen LogP contribution in [0.1, 0.15) is 30.4 Å². The zero-order valence-corrected chi connectivity index (χ0v) is 13.7. The van der Waals surface area contributed by atoms with Gasteiger partial charge in [-0.05, 0) is 37.8 Å². The SMILES string of the molecule is Cc1ccc(CNC(=O)C2CC=CC2)c(OC[C@@H]2CCOC2)c1. The number of hydrogen-bond donors (Lipinski definition) is 1. The summed E-state index contributed by atoms with van der Waals surface area (Å²) in [5.74, 6) is 1.58. The van der Waals surface area contributed by atoms with E-state index in [1.54, 1.807) is 0 Å². The second-order valence-electron chi connectivity index (χ2n) is 6.51. The van der Waals surface area contributed by atoms with E-state index in [0.717, 1.165) is 49.4 Å². The van der Waals surface area contributed by atoms with E-state index in [2.05, 4.69) is 36.5 Å². The van der Waals surface area contributed by atoms with Crippen molar-refractivity contribution in [2.75, 3.05) is 19.8 Å². The van der Waals surface area contributed by atoms with Crippen LogP contribution in [0.15, 0.2) is 30.4 Å². The van der Waals surface area contributed by atoms with Crippen LogP contribution < -0.4 is 10.1 Å². The molecule has 0 radical (unpaired) electrons. The van der Waals surface area contributed by atoms with Crippen molar-refractivity contribution in [1.82, 2.24) is 5.32 Å². The Morgan fingerprint density at radius 1 is 1.35 bits per heavy atom.